The van der Waals surface area contributed by atoms with Gasteiger partial charge in [-0.15, -0.1) is 0 Å². The number of fused-ring (bicyclic) bond motifs is 1. The summed E-state index contributed by atoms with van der Waals surface area (Å²) in [5.74, 6) is 0.713. The average molecular weight is 516 g/mol. The van der Waals surface area contributed by atoms with Crippen molar-refractivity contribution in [2.75, 3.05) is 11.9 Å². The predicted octanol–water partition coefficient (Wildman–Crippen LogP) is 6.12. The molecule has 5 rings (SSSR count). The standard InChI is InChI=1S/C29H33N5O4/c1-3-37-29(36)38-26-17-22(19-33(26)18-21-11-7-6-8-12-21)31-28-30-20(2)24-15-16-25(35)34(27(24)32-28)23-13-9-4-5-10-14-23/h6-8,11-12,15-17,19,23H,3-5,9-10,13-14,18H2,1-2H3,(H,30,31,32). The zero-order chi connectivity index (χ0) is 26.5. The van der Waals surface area contributed by atoms with E-state index in [2.05, 4.69) is 10.3 Å². The number of nitrogens with zero attached hydrogens (tertiary/aromatic N) is 4. The maximum atomic E-state index is 13.0. The molecule has 0 bridgehead atoms. The van der Waals surface area contributed by atoms with Crippen LogP contribution in [0.5, 0.6) is 5.88 Å². The Bertz CT molecular complexity index is 1470. The molecule has 1 N–H and O–H groups in total. The maximum Gasteiger partial charge on any atom is 0.515 e. The first kappa shape index (κ1) is 25.5. The molecule has 0 amide bonds. The van der Waals surface area contributed by atoms with Gasteiger partial charge in [0, 0.05) is 29.8 Å². The summed E-state index contributed by atoms with van der Waals surface area (Å²) in [5.41, 5.74) is 3.09. The molecule has 38 heavy (non-hydrogen) atoms. The lowest BCUT2D eigenvalue weighted by atomic mass is 10.1. The van der Waals surface area contributed by atoms with E-state index in [0.717, 1.165) is 42.3 Å². The first-order chi connectivity index (χ1) is 18.5. The molecule has 0 radical (unpaired) electrons. The van der Waals surface area contributed by atoms with Crippen LogP contribution in [0, 0.1) is 6.92 Å². The SMILES string of the molecule is CCOC(=O)Oc1cc(Nc2nc(C)c3ccc(=O)n(C4CCCCCC4)c3n2)cn1Cc1ccccc1. The number of nitrogens with one attached hydrogen (secondary N) is 1. The predicted molar refractivity (Wildman–Crippen MR) is 146 cm³/mol. The number of carbonyl (C=O) groups excluding carboxylic acids is 1. The summed E-state index contributed by atoms with van der Waals surface area (Å²) in [6, 6.07) is 15.2. The number of aromatic nitrogens is 4. The molecule has 0 aliphatic heterocycles. The summed E-state index contributed by atoms with van der Waals surface area (Å²) in [4.78, 5) is 34.6. The highest BCUT2D eigenvalue weighted by molar-refractivity contribution is 5.79. The molecule has 1 aromatic carbocycles. The van der Waals surface area contributed by atoms with Crippen molar-refractivity contribution in [3.63, 3.8) is 0 Å². The maximum absolute atomic E-state index is 13.0. The van der Waals surface area contributed by atoms with Crippen molar-refractivity contribution in [2.24, 2.45) is 0 Å². The monoisotopic (exact) mass is 515 g/mol. The van der Waals surface area contributed by atoms with Gasteiger partial charge >= 0.3 is 6.16 Å². The van der Waals surface area contributed by atoms with Gasteiger partial charge in [0.15, 0.2) is 0 Å². The number of hydrogen-bond acceptors (Lipinski definition) is 7. The van der Waals surface area contributed by atoms with E-state index in [1.165, 1.54) is 12.8 Å². The smallest absolute Gasteiger partial charge is 0.434 e. The van der Waals surface area contributed by atoms with Crippen molar-refractivity contribution in [1.29, 1.82) is 0 Å². The number of ether oxygens (including phenoxy) is 2. The Labute approximate surface area is 221 Å². The van der Waals surface area contributed by atoms with Crippen molar-refractivity contribution < 1.29 is 14.3 Å². The Kier molecular flexibility index (Phi) is 7.72. The summed E-state index contributed by atoms with van der Waals surface area (Å²) in [6.07, 6.45) is 7.65. The Morgan fingerprint density at radius 2 is 1.82 bits per heavy atom. The minimum Gasteiger partial charge on any atom is -0.434 e. The number of aryl methyl sites for hydroxylation is 1. The van der Waals surface area contributed by atoms with Crippen LogP contribution in [-0.4, -0.2) is 31.9 Å². The third-order valence-corrected chi connectivity index (χ3v) is 6.92. The van der Waals surface area contributed by atoms with Crippen LogP contribution in [0.4, 0.5) is 16.4 Å². The first-order valence-corrected chi connectivity index (χ1v) is 13.3. The van der Waals surface area contributed by atoms with Crippen LogP contribution in [0.15, 0.2) is 59.5 Å². The summed E-state index contributed by atoms with van der Waals surface area (Å²) in [6.45, 7) is 4.37. The van der Waals surface area contributed by atoms with Gasteiger partial charge in [0.1, 0.15) is 5.65 Å². The molecule has 0 atom stereocenters. The third kappa shape index (κ3) is 5.72. The average Bonchev–Trinajstić information content (AvgIpc) is 3.07. The fourth-order valence-electron chi connectivity index (χ4n) is 5.12. The van der Waals surface area contributed by atoms with Crippen LogP contribution in [0.25, 0.3) is 11.0 Å². The summed E-state index contributed by atoms with van der Waals surface area (Å²) >= 11 is 0. The van der Waals surface area contributed by atoms with E-state index in [1.54, 1.807) is 19.1 Å². The van der Waals surface area contributed by atoms with Gasteiger partial charge in [-0.2, -0.15) is 4.98 Å². The molecule has 9 nitrogen and oxygen atoms in total. The number of carbonyl (C=O) groups is 1. The first-order valence-electron chi connectivity index (χ1n) is 13.3. The molecule has 0 saturated heterocycles. The molecule has 1 aliphatic carbocycles. The van der Waals surface area contributed by atoms with Crippen LogP contribution < -0.4 is 15.6 Å². The third-order valence-electron chi connectivity index (χ3n) is 6.92. The van der Waals surface area contributed by atoms with Gasteiger partial charge in [-0.25, -0.2) is 9.78 Å². The number of benzene rings is 1. The molecule has 3 heterocycles. The van der Waals surface area contributed by atoms with Gasteiger partial charge in [0.05, 0.1) is 24.5 Å². The number of hydrogen-bond donors (Lipinski definition) is 1. The quantitative estimate of drug-likeness (QED) is 0.234. The number of pyridine rings is 1. The summed E-state index contributed by atoms with van der Waals surface area (Å²) < 4.78 is 14.1. The second-order valence-corrected chi connectivity index (χ2v) is 9.65. The molecule has 3 aromatic heterocycles. The van der Waals surface area contributed by atoms with Crippen molar-refractivity contribution >= 4 is 28.8 Å². The summed E-state index contributed by atoms with van der Waals surface area (Å²) in [5, 5.41) is 4.13. The molecule has 1 saturated carbocycles. The molecule has 1 aliphatic rings. The Balaban J connectivity index is 1.50. The van der Waals surface area contributed by atoms with Crippen LogP contribution >= 0.6 is 0 Å². The van der Waals surface area contributed by atoms with E-state index in [4.69, 9.17) is 14.5 Å². The molecule has 4 aromatic rings. The molecule has 0 unspecified atom stereocenters. The fraction of sp³-hybridized carbons (Fsp3) is 0.379. The zero-order valence-corrected chi connectivity index (χ0v) is 21.9. The lowest BCUT2D eigenvalue weighted by molar-refractivity contribution is 0.101. The number of anilines is 2. The Morgan fingerprint density at radius 1 is 1.05 bits per heavy atom. The topological polar surface area (TPSA) is 100 Å². The van der Waals surface area contributed by atoms with Gasteiger partial charge in [0.2, 0.25) is 11.8 Å². The Hall–Kier alpha value is -4.14. The molecular formula is C29H33N5O4. The second-order valence-electron chi connectivity index (χ2n) is 9.65. The van der Waals surface area contributed by atoms with Crippen molar-refractivity contribution in [1.82, 2.24) is 19.1 Å². The largest absolute Gasteiger partial charge is 0.515 e. The van der Waals surface area contributed by atoms with Crippen LogP contribution in [0.1, 0.15) is 62.7 Å². The summed E-state index contributed by atoms with van der Waals surface area (Å²) in [7, 11) is 0. The normalized spacial score (nSPS) is 14.3. The lowest BCUT2D eigenvalue weighted by Crippen LogP contribution is -2.25. The highest BCUT2D eigenvalue weighted by atomic mass is 16.7. The molecule has 0 spiro atoms. The van der Waals surface area contributed by atoms with E-state index in [-0.39, 0.29) is 18.2 Å². The molecular weight excluding hydrogens is 482 g/mol. The minimum atomic E-state index is -0.767. The van der Waals surface area contributed by atoms with Gasteiger partial charge < -0.3 is 19.4 Å². The van der Waals surface area contributed by atoms with E-state index in [0.29, 0.717) is 29.7 Å². The van der Waals surface area contributed by atoms with Crippen LogP contribution in [0.2, 0.25) is 0 Å². The van der Waals surface area contributed by atoms with Gasteiger partial charge in [-0.05, 0) is 38.3 Å². The fourth-order valence-corrected chi connectivity index (χ4v) is 5.12. The van der Waals surface area contributed by atoms with Crippen LogP contribution in [0.3, 0.4) is 0 Å². The second kappa shape index (κ2) is 11.5. The number of rotatable bonds is 7. The Morgan fingerprint density at radius 3 is 2.55 bits per heavy atom. The van der Waals surface area contributed by atoms with Gasteiger partial charge in [0.25, 0.3) is 5.56 Å². The van der Waals surface area contributed by atoms with E-state index < -0.39 is 6.16 Å². The highest BCUT2D eigenvalue weighted by Gasteiger charge is 2.20. The van der Waals surface area contributed by atoms with Gasteiger partial charge in [-0.1, -0.05) is 56.0 Å². The zero-order valence-electron chi connectivity index (χ0n) is 21.9. The van der Waals surface area contributed by atoms with Crippen molar-refractivity contribution in [3.8, 4) is 5.88 Å². The molecule has 198 valence electrons. The lowest BCUT2D eigenvalue weighted by Gasteiger charge is -2.20. The minimum absolute atomic E-state index is 0.0346. The van der Waals surface area contributed by atoms with Crippen molar-refractivity contribution in [2.45, 2.75) is 65.0 Å². The highest BCUT2D eigenvalue weighted by Crippen LogP contribution is 2.30. The van der Waals surface area contributed by atoms with Crippen molar-refractivity contribution in [3.05, 3.63) is 76.3 Å². The van der Waals surface area contributed by atoms with E-state index in [1.807, 2.05) is 58.7 Å². The molecule has 9 heteroatoms. The van der Waals surface area contributed by atoms with E-state index >= 15 is 0 Å². The van der Waals surface area contributed by atoms with E-state index in [9.17, 15) is 9.59 Å². The van der Waals surface area contributed by atoms with Crippen LogP contribution in [-0.2, 0) is 11.3 Å². The van der Waals surface area contributed by atoms with Gasteiger partial charge in [-0.3, -0.25) is 9.36 Å². The molecule has 1 fully saturated rings.